The largest absolute Gasteiger partial charge is 0.497 e. The maximum Gasteiger partial charge on any atom is 0.280 e. The predicted octanol–water partition coefficient (Wildman–Crippen LogP) is 2.49. The third kappa shape index (κ3) is 3.79. The molecule has 27 heavy (non-hydrogen) atoms. The van der Waals surface area contributed by atoms with E-state index in [1.807, 2.05) is 12.1 Å². The first kappa shape index (κ1) is 18.9. The van der Waals surface area contributed by atoms with Crippen LogP contribution in [0.15, 0.2) is 52.4 Å². The summed E-state index contributed by atoms with van der Waals surface area (Å²) in [5, 5.41) is 0. The van der Waals surface area contributed by atoms with Gasteiger partial charge in [0.05, 0.1) is 34.3 Å². The number of methoxy groups -OCH3 is 1. The van der Waals surface area contributed by atoms with Gasteiger partial charge >= 0.3 is 0 Å². The molecule has 0 unspecified atom stereocenters. The number of sulfone groups is 1. The average molecular weight is 400 g/mol. The molecule has 1 heterocycles. The van der Waals surface area contributed by atoms with Crippen LogP contribution < -0.4 is 9.54 Å². The van der Waals surface area contributed by atoms with Crippen molar-refractivity contribution in [2.45, 2.75) is 11.4 Å². The molecule has 138 valence electrons. The number of rotatable bonds is 4. The fraction of sp³-hybridized carbons (Fsp3) is 0.158. The number of fused-ring (bicyclic) bond motifs is 1. The van der Waals surface area contributed by atoms with Gasteiger partial charge in [0, 0.05) is 6.26 Å². The van der Waals surface area contributed by atoms with Crippen molar-refractivity contribution in [1.29, 1.82) is 0 Å². The van der Waals surface area contributed by atoms with Gasteiger partial charge in [0.15, 0.2) is 14.6 Å². The fourth-order valence-electron chi connectivity index (χ4n) is 2.62. The molecule has 0 saturated carbocycles. The van der Waals surface area contributed by atoms with Crippen molar-refractivity contribution >= 4 is 37.3 Å². The molecular weight excluding hydrogens is 384 g/mol. The summed E-state index contributed by atoms with van der Waals surface area (Å²) in [5.41, 5.74) is 0.851. The highest BCUT2D eigenvalue weighted by atomic mass is 32.2. The zero-order valence-electron chi connectivity index (χ0n) is 14.7. The Labute approximate surface area is 160 Å². The third-order valence-corrected chi connectivity index (χ3v) is 6.05. The van der Waals surface area contributed by atoms with Crippen LogP contribution in [0.5, 0.6) is 5.75 Å². The van der Waals surface area contributed by atoms with Crippen molar-refractivity contribution < 1.29 is 17.9 Å². The molecule has 1 aromatic heterocycles. The number of aromatic nitrogens is 1. The first-order valence-corrected chi connectivity index (χ1v) is 10.5. The lowest BCUT2D eigenvalue weighted by molar-refractivity contribution is 0.0994. The molecule has 0 aliphatic rings. The van der Waals surface area contributed by atoms with Crippen LogP contribution in [0.3, 0.4) is 0 Å². The first-order chi connectivity index (χ1) is 12.8. The zero-order chi connectivity index (χ0) is 19.6. The molecule has 0 aliphatic heterocycles. The highest BCUT2D eigenvalue weighted by Crippen LogP contribution is 2.23. The van der Waals surface area contributed by atoms with E-state index in [0.29, 0.717) is 10.6 Å². The molecule has 3 aromatic rings. The third-order valence-electron chi connectivity index (χ3n) is 3.85. The van der Waals surface area contributed by atoms with E-state index in [1.54, 1.807) is 29.9 Å². The number of thiazole rings is 1. The van der Waals surface area contributed by atoms with Gasteiger partial charge in [-0.05, 0) is 30.3 Å². The summed E-state index contributed by atoms with van der Waals surface area (Å²) in [6.07, 6.45) is 6.52. The summed E-state index contributed by atoms with van der Waals surface area (Å²) < 4.78 is 31.7. The van der Waals surface area contributed by atoms with Crippen LogP contribution in [0, 0.1) is 12.3 Å². The molecule has 0 bridgehead atoms. The molecule has 0 N–H and O–H groups in total. The molecule has 0 saturated heterocycles. The smallest absolute Gasteiger partial charge is 0.280 e. The normalized spacial score (nSPS) is 12.1. The summed E-state index contributed by atoms with van der Waals surface area (Å²) in [7, 11) is -1.99. The maximum absolute atomic E-state index is 12.7. The van der Waals surface area contributed by atoms with Crippen LogP contribution in [-0.2, 0) is 16.4 Å². The summed E-state index contributed by atoms with van der Waals surface area (Å²) in [4.78, 5) is 17.2. The van der Waals surface area contributed by atoms with Crippen molar-refractivity contribution in [2.75, 3.05) is 13.4 Å². The van der Waals surface area contributed by atoms with Gasteiger partial charge in [0.2, 0.25) is 0 Å². The van der Waals surface area contributed by atoms with Gasteiger partial charge < -0.3 is 9.30 Å². The van der Waals surface area contributed by atoms with Crippen molar-refractivity contribution in [3.8, 4) is 18.1 Å². The second-order valence-electron chi connectivity index (χ2n) is 5.69. The van der Waals surface area contributed by atoms with Gasteiger partial charge in [-0.15, -0.1) is 6.42 Å². The minimum Gasteiger partial charge on any atom is -0.497 e. The quantitative estimate of drug-likeness (QED) is 0.631. The molecule has 2 aromatic carbocycles. The molecule has 0 spiro atoms. The number of hydrogen-bond donors (Lipinski definition) is 0. The van der Waals surface area contributed by atoms with Crippen LogP contribution in [0.1, 0.15) is 10.4 Å². The molecule has 0 fully saturated rings. The van der Waals surface area contributed by atoms with E-state index in [9.17, 15) is 13.2 Å². The van der Waals surface area contributed by atoms with E-state index in [-0.39, 0.29) is 17.0 Å². The highest BCUT2D eigenvalue weighted by Gasteiger charge is 2.18. The van der Waals surface area contributed by atoms with Crippen molar-refractivity contribution in [3.05, 3.63) is 52.8 Å². The fourth-order valence-corrected chi connectivity index (χ4v) is 4.56. The zero-order valence-corrected chi connectivity index (χ0v) is 16.3. The van der Waals surface area contributed by atoms with Crippen LogP contribution in [0.2, 0.25) is 0 Å². The Hall–Kier alpha value is -2.89. The molecule has 0 radical (unpaired) electrons. The Morgan fingerprint density at radius 2 is 2.04 bits per heavy atom. The second-order valence-corrected chi connectivity index (χ2v) is 8.69. The first-order valence-electron chi connectivity index (χ1n) is 7.84. The van der Waals surface area contributed by atoms with Crippen molar-refractivity contribution in [2.24, 2.45) is 4.99 Å². The number of nitrogens with zero attached hydrogens (tertiary/aromatic N) is 2. The topological polar surface area (TPSA) is 77.7 Å². The Morgan fingerprint density at radius 3 is 2.70 bits per heavy atom. The Morgan fingerprint density at radius 1 is 1.30 bits per heavy atom. The summed E-state index contributed by atoms with van der Waals surface area (Å²) in [6.45, 7) is 0.228. The van der Waals surface area contributed by atoms with Crippen LogP contribution in [-0.4, -0.2) is 32.3 Å². The van der Waals surface area contributed by atoms with Crippen molar-refractivity contribution in [3.63, 3.8) is 0 Å². The molecular formula is C19H16N2O4S2. The minimum atomic E-state index is -3.56. The maximum atomic E-state index is 12.7. The Bertz CT molecular complexity index is 1240. The minimum absolute atomic E-state index is 0.0299. The molecule has 3 rings (SSSR count). The summed E-state index contributed by atoms with van der Waals surface area (Å²) in [6, 6.07) is 11.5. The van der Waals surface area contributed by atoms with Gasteiger partial charge in [-0.25, -0.2) is 8.42 Å². The van der Waals surface area contributed by atoms with E-state index in [2.05, 4.69) is 10.9 Å². The SMILES string of the molecule is C#CCn1c(=NC(=O)c2ccccc2S(C)(=O)=O)sc2cc(OC)ccc21. The van der Waals surface area contributed by atoms with Crippen LogP contribution in [0.25, 0.3) is 10.2 Å². The molecule has 0 aliphatic carbocycles. The van der Waals surface area contributed by atoms with Crippen LogP contribution >= 0.6 is 11.3 Å². The number of amides is 1. The average Bonchev–Trinajstić information content (AvgIpc) is 2.97. The Balaban J connectivity index is 2.21. The number of hydrogen-bond acceptors (Lipinski definition) is 5. The van der Waals surface area contributed by atoms with E-state index in [4.69, 9.17) is 11.2 Å². The lowest BCUT2D eigenvalue weighted by Gasteiger charge is -2.04. The van der Waals surface area contributed by atoms with E-state index < -0.39 is 15.7 Å². The van der Waals surface area contributed by atoms with Gasteiger partial charge in [0.1, 0.15) is 5.75 Å². The van der Waals surface area contributed by atoms with Gasteiger partial charge in [-0.1, -0.05) is 29.4 Å². The lowest BCUT2D eigenvalue weighted by atomic mass is 10.2. The molecule has 1 amide bonds. The van der Waals surface area contributed by atoms with Crippen molar-refractivity contribution in [1.82, 2.24) is 4.57 Å². The van der Waals surface area contributed by atoms with E-state index in [1.165, 1.54) is 23.5 Å². The number of ether oxygens (including phenoxy) is 1. The predicted molar refractivity (Wildman–Crippen MR) is 105 cm³/mol. The van der Waals surface area contributed by atoms with E-state index in [0.717, 1.165) is 16.5 Å². The van der Waals surface area contributed by atoms with Gasteiger partial charge in [-0.3, -0.25) is 4.79 Å². The molecule has 0 atom stereocenters. The Kier molecular flexibility index (Phi) is 5.17. The summed E-state index contributed by atoms with van der Waals surface area (Å²) >= 11 is 1.28. The lowest BCUT2D eigenvalue weighted by Crippen LogP contribution is -2.17. The number of terminal acetylenes is 1. The van der Waals surface area contributed by atoms with E-state index >= 15 is 0 Å². The molecule has 8 heteroatoms. The number of carbonyl (C=O) groups is 1. The monoisotopic (exact) mass is 400 g/mol. The van der Waals surface area contributed by atoms with Crippen LogP contribution in [0.4, 0.5) is 0 Å². The number of benzene rings is 2. The summed E-state index contributed by atoms with van der Waals surface area (Å²) in [5.74, 6) is 2.59. The number of carbonyl (C=O) groups excluding carboxylic acids is 1. The van der Waals surface area contributed by atoms with Gasteiger partial charge in [-0.2, -0.15) is 4.99 Å². The van der Waals surface area contributed by atoms with Gasteiger partial charge in [0.25, 0.3) is 5.91 Å². The molecule has 6 nitrogen and oxygen atoms in total. The second kappa shape index (κ2) is 7.39. The standard InChI is InChI=1S/C19H16N2O4S2/c1-4-11-21-15-10-9-13(25-2)12-16(15)26-19(21)20-18(22)14-7-5-6-8-17(14)27(3,23)24/h1,5-10,12H,11H2,2-3H3. The highest BCUT2D eigenvalue weighted by molar-refractivity contribution is 7.90.